The monoisotopic (exact) mass is 281 g/mol. The van der Waals surface area contributed by atoms with E-state index in [0.29, 0.717) is 39.3 Å². The lowest BCUT2D eigenvalue weighted by Crippen LogP contribution is -2.49. The molecule has 1 heterocycles. The number of hydrogen-bond donors (Lipinski definition) is 1. The number of rotatable bonds is 3. The Kier molecular flexibility index (Phi) is 4.79. The van der Waals surface area contributed by atoms with E-state index in [1.165, 1.54) is 12.1 Å². The summed E-state index contributed by atoms with van der Waals surface area (Å²) >= 11 is 0. The number of amides is 1. The van der Waals surface area contributed by atoms with Crippen molar-refractivity contribution in [1.29, 1.82) is 0 Å². The summed E-state index contributed by atoms with van der Waals surface area (Å²) in [5, 5.41) is 0. The van der Waals surface area contributed by atoms with Crippen LogP contribution in [0.4, 0.5) is 14.9 Å². The average Bonchev–Trinajstić information content (AvgIpc) is 2.47. The summed E-state index contributed by atoms with van der Waals surface area (Å²) in [6, 6.07) is 4.65. The first kappa shape index (κ1) is 14.6. The average molecular weight is 281 g/mol. The predicted octanol–water partition coefficient (Wildman–Crippen LogP) is 1.56. The maximum Gasteiger partial charge on any atom is 0.409 e. The van der Waals surface area contributed by atoms with E-state index in [2.05, 4.69) is 4.90 Å². The van der Waals surface area contributed by atoms with Crippen LogP contribution in [0, 0.1) is 5.82 Å². The highest BCUT2D eigenvalue weighted by Crippen LogP contribution is 2.22. The number of nitrogens with zero attached hydrogens (tertiary/aromatic N) is 2. The molecule has 0 bridgehead atoms. The van der Waals surface area contributed by atoms with E-state index >= 15 is 0 Å². The van der Waals surface area contributed by atoms with E-state index in [4.69, 9.17) is 10.5 Å². The Bertz CT molecular complexity index is 473. The van der Waals surface area contributed by atoms with Gasteiger partial charge in [0.2, 0.25) is 0 Å². The van der Waals surface area contributed by atoms with Gasteiger partial charge >= 0.3 is 6.09 Å². The number of nitrogens with two attached hydrogens (primary N) is 1. The molecule has 110 valence electrons. The molecule has 6 heteroatoms. The van der Waals surface area contributed by atoms with Gasteiger partial charge in [0.1, 0.15) is 5.82 Å². The van der Waals surface area contributed by atoms with Crippen LogP contribution in [0.25, 0.3) is 0 Å². The zero-order valence-electron chi connectivity index (χ0n) is 11.6. The lowest BCUT2D eigenvalue weighted by Gasteiger charge is -2.36. The summed E-state index contributed by atoms with van der Waals surface area (Å²) < 4.78 is 18.2. The van der Waals surface area contributed by atoms with Crippen LogP contribution in [0.15, 0.2) is 18.2 Å². The number of ether oxygens (including phenoxy) is 1. The third kappa shape index (κ3) is 3.19. The number of carbonyl (C=O) groups excluding carboxylic acids is 1. The quantitative estimate of drug-likeness (QED) is 0.913. The highest BCUT2D eigenvalue weighted by molar-refractivity contribution is 5.68. The maximum absolute atomic E-state index is 13.2. The van der Waals surface area contributed by atoms with Crippen LogP contribution < -0.4 is 10.6 Å². The standard InChI is InChI=1S/C14H20FN3O2/c1-2-20-14(19)18-7-5-17(6-8-18)13-4-3-12(15)9-11(13)10-16/h3-4,9H,2,5-8,10,16H2,1H3. The number of halogens is 1. The topological polar surface area (TPSA) is 58.8 Å². The van der Waals surface area contributed by atoms with Crippen molar-refractivity contribution in [3.8, 4) is 0 Å². The summed E-state index contributed by atoms with van der Waals surface area (Å²) in [6.07, 6.45) is -0.273. The van der Waals surface area contributed by atoms with Crippen LogP contribution in [0.5, 0.6) is 0 Å². The van der Waals surface area contributed by atoms with E-state index in [1.807, 2.05) is 0 Å². The van der Waals surface area contributed by atoms with Crippen molar-refractivity contribution < 1.29 is 13.9 Å². The van der Waals surface area contributed by atoms with Crippen LogP contribution in [0.2, 0.25) is 0 Å². The van der Waals surface area contributed by atoms with Crippen LogP contribution in [-0.2, 0) is 11.3 Å². The highest BCUT2D eigenvalue weighted by atomic mass is 19.1. The largest absolute Gasteiger partial charge is 0.450 e. The normalized spacial score (nSPS) is 15.3. The third-order valence-electron chi connectivity index (χ3n) is 3.41. The molecule has 2 rings (SSSR count). The second-order valence-corrected chi connectivity index (χ2v) is 4.65. The molecule has 1 aromatic carbocycles. The minimum Gasteiger partial charge on any atom is -0.450 e. The lowest BCUT2D eigenvalue weighted by molar-refractivity contribution is 0.105. The van der Waals surface area contributed by atoms with Gasteiger partial charge in [-0.1, -0.05) is 0 Å². The van der Waals surface area contributed by atoms with Crippen molar-refractivity contribution in [2.24, 2.45) is 5.73 Å². The van der Waals surface area contributed by atoms with Gasteiger partial charge in [-0.05, 0) is 30.7 Å². The molecule has 0 aromatic heterocycles. The van der Waals surface area contributed by atoms with Crippen molar-refractivity contribution in [3.63, 3.8) is 0 Å². The van der Waals surface area contributed by atoms with Crippen molar-refractivity contribution in [2.75, 3.05) is 37.7 Å². The Labute approximate surface area is 118 Å². The molecule has 2 N–H and O–H groups in total. The molecule has 0 saturated carbocycles. The Hall–Kier alpha value is -1.82. The minimum absolute atomic E-state index is 0.273. The van der Waals surface area contributed by atoms with Crippen molar-refractivity contribution in [1.82, 2.24) is 4.90 Å². The molecule has 1 aliphatic heterocycles. The van der Waals surface area contributed by atoms with Gasteiger partial charge in [0.15, 0.2) is 0 Å². The number of piperazine rings is 1. The molecule has 1 aromatic rings. The van der Waals surface area contributed by atoms with E-state index in [0.717, 1.165) is 11.3 Å². The summed E-state index contributed by atoms with van der Waals surface area (Å²) in [7, 11) is 0. The first-order chi connectivity index (χ1) is 9.65. The molecule has 0 spiro atoms. The van der Waals surface area contributed by atoms with Crippen LogP contribution in [0.1, 0.15) is 12.5 Å². The smallest absolute Gasteiger partial charge is 0.409 e. The third-order valence-corrected chi connectivity index (χ3v) is 3.41. The molecule has 0 atom stereocenters. The second-order valence-electron chi connectivity index (χ2n) is 4.65. The van der Waals surface area contributed by atoms with Gasteiger partial charge in [-0.15, -0.1) is 0 Å². The number of benzene rings is 1. The Morgan fingerprint density at radius 1 is 1.35 bits per heavy atom. The first-order valence-electron chi connectivity index (χ1n) is 6.80. The SMILES string of the molecule is CCOC(=O)N1CCN(c2ccc(F)cc2CN)CC1. The number of anilines is 1. The van der Waals surface area contributed by atoms with Crippen molar-refractivity contribution in [3.05, 3.63) is 29.6 Å². The van der Waals surface area contributed by atoms with Gasteiger partial charge in [0.05, 0.1) is 6.61 Å². The Morgan fingerprint density at radius 2 is 2.05 bits per heavy atom. The second kappa shape index (κ2) is 6.56. The molecule has 20 heavy (non-hydrogen) atoms. The molecule has 1 amide bonds. The van der Waals surface area contributed by atoms with Gasteiger partial charge < -0.3 is 20.3 Å². The van der Waals surface area contributed by atoms with Gasteiger partial charge in [-0.2, -0.15) is 0 Å². The molecule has 1 saturated heterocycles. The molecule has 0 unspecified atom stereocenters. The van der Waals surface area contributed by atoms with E-state index in [-0.39, 0.29) is 11.9 Å². The summed E-state index contributed by atoms with van der Waals surface area (Å²) in [4.78, 5) is 15.4. The van der Waals surface area contributed by atoms with E-state index in [1.54, 1.807) is 17.9 Å². The van der Waals surface area contributed by atoms with Crippen LogP contribution in [-0.4, -0.2) is 43.8 Å². The highest BCUT2D eigenvalue weighted by Gasteiger charge is 2.23. The molecule has 1 aliphatic rings. The summed E-state index contributed by atoms with van der Waals surface area (Å²) in [6.45, 7) is 5.05. The zero-order chi connectivity index (χ0) is 14.5. The first-order valence-corrected chi connectivity index (χ1v) is 6.80. The van der Waals surface area contributed by atoms with Gasteiger partial charge in [0.25, 0.3) is 0 Å². The Balaban J connectivity index is 2.02. The summed E-state index contributed by atoms with van der Waals surface area (Å²) in [5.41, 5.74) is 7.39. The van der Waals surface area contributed by atoms with Gasteiger partial charge in [0, 0.05) is 38.4 Å². The van der Waals surface area contributed by atoms with E-state index in [9.17, 15) is 9.18 Å². The fraction of sp³-hybridized carbons (Fsp3) is 0.500. The number of hydrogen-bond acceptors (Lipinski definition) is 4. The minimum atomic E-state index is -0.278. The lowest BCUT2D eigenvalue weighted by atomic mass is 10.1. The fourth-order valence-electron chi connectivity index (χ4n) is 2.37. The molecule has 1 fully saturated rings. The van der Waals surface area contributed by atoms with Crippen LogP contribution in [0.3, 0.4) is 0 Å². The number of carbonyl (C=O) groups is 1. The summed E-state index contributed by atoms with van der Waals surface area (Å²) in [5.74, 6) is -0.278. The van der Waals surface area contributed by atoms with Crippen molar-refractivity contribution >= 4 is 11.8 Å². The molecular formula is C14H20FN3O2. The molecule has 0 aliphatic carbocycles. The predicted molar refractivity (Wildman–Crippen MR) is 75.1 cm³/mol. The fourth-order valence-corrected chi connectivity index (χ4v) is 2.37. The molecular weight excluding hydrogens is 261 g/mol. The van der Waals surface area contributed by atoms with Gasteiger partial charge in [-0.25, -0.2) is 9.18 Å². The van der Waals surface area contributed by atoms with Gasteiger partial charge in [-0.3, -0.25) is 0 Å². The van der Waals surface area contributed by atoms with E-state index < -0.39 is 0 Å². The molecule has 0 radical (unpaired) electrons. The zero-order valence-corrected chi connectivity index (χ0v) is 11.6. The molecule has 5 nitrogen and oxygen atoms in total. The Morgan fingerprint density at radius 3 is 2.65 bits per heavy atom. The maximum atomic E-state index is 13.2. The van der Waals surface area contributed by atoms with Crippen molar-refractivity contribution in [2.45, 2.75) is 13.5 Å². The van der Waals surface area contributed by atoms with Crippen LogP contribution >= 0.6 is 0 Å².